The first kappa shape index (κ1) is 8.34. The molecule has 0 aromatic carbocycles. The molecule has 9 heavy (non-hydrogen) atoms. The van der Waals surface area contributed by atoms with Gasteiger partial charge >= 0.3 is 0 Å². The Hall–Kier alpha value is -0.660. The zero-order valence-corrected chi connectivity index (χ0v) is 6.28. The van der Waals surface area contributed by atoms with E-state index >= 15 is 0 Å². The molecule has 0 heterocycles. The highest BCUT2D eigenvalue weighted by molar-refractivity contribution is 4.94. The van der Waals surface area contributed by atoms with Gasteiger partial charge in [-0.25, -0.2) is 0 Å². The van der Waals surface area contributed by atoms with Crippen LogP contribution < -0.4 is 11.1 Å². The second kappa shape index (κ2) is 5.48. The Morgan fingerprint density at radius 3 is 2.56 bits per heavy atom. The van der Waals surface area contributed by atoms with Gasteiger partial charge in [-0.2, -0.15) is 0 Å². The van der Waals surface area contributed by atoms with Crippen molar-refractivity contribution >= 4 is 0 Å². The molecular formula is C7H16N2. The van der Waals surface area contributed by atoms with Crippen molar-refractivity contribution in [1.29, 1.82) is 0 Å². The van der Waals surface area contributed by atoms with Gasteiger partial charge in [-0.15, -0.1) is 0 Å². The minimum Gasteiger partial charge on any atom is -0.403 e. The van der Waals surface area contributed by atoms with Crippen LogP contribution in [0.5, 0.6) is 0 Å². The number of rotatable bonds is 4. The quantitative estimate of drug-likeness (QED) is 0.597. The predicted molar refractivity (Wildman–Crippen MR) is 40.9 cm³/mol. The zero-order valence-electron chi connectivity index (χ0n) is 6.28. The maximum absolute atomic E-state index is 5.30. The van der Waals surface area contributed by atoms with Crippen LogP contribution in [0.2, 0.25) is 0 Å². The first-order valence-electron chi connectivity index (χ1n) is 3.49. The van der Waals surface area contributed by atoms with E-state index in [1.54, 1.807) is 6.20 Å². The molecule has 2 nitrogen and oxygen atoms in total. The molecule has 0 aromatic heterocycles. The lowest BCUT2D eigenvalue weighted by molar-refractivity contribution is 0.739. The Morgan fingerprint density at radius 1 is 1.56 bits per heavy atom. The Balaban J connectivity index is 3.33. The number of allylic oxidation sites excluding steroid dienone is 1. The predicted octanol–water partition coefficient (Wildman–Crippen LogP) is 1.20. The van der Waals surface area contributed by atoms with Crippen molar-refractivity contribution in [2.45, 2.75) is 26.7 Å². The topological polar surface area (TPSA) is 38.0 Å². The van der Waals surface area contributed by atoms with E-state index in [9.17, 15) is 0 Å². The molecular weight excluding hydrogens is 112 g/mol. The van der Waals surface area contributed by atoms with Gasteiger partial charge in [-0.05, 0) is 12.8 Å². The molecule has 0 aliphatic rings. The number of hydrogen-bond donors (Lipinski definition) is 2. The maximum atomic E-state index is 5.30. The molecule has 0 unspecified atom stereocenters. The molecule has 0 bridgehead atoms. The third-order valence-electron chi connectivity index (χ3n) is 1.18. The normalized spacial score (nSPS) is 11.6. The molecule has 0 saturated heterocycles. The third kappa shape index (κ3) is 3.88. The fraction of sp³-hybridized carbons (Fsp3) is 0.714. The summed E-state index contributed by atoms with van der Waals surface area (Å²) in [6.45, 7) is 5.25. The summed E-state index contributed by atoms with van der Waals surface area (Å²) in [5.41, 5.74) is 6.44. The minimum absolute atomic E-state index is 0.997. The molecule has 0 spiro atoms. The standard InChI is InChI=1S/C7H16N2/c1-3-5-9-7(4-2)6-8/h6,9H,3-5,8H2,1-2H3/b7-6-. The van der Waals surface area contributed by atoms with Crippen molar-refractivity contribution in [1.82, 2.24) is 5.32 Å². The van der Waals surface area contributed by atoms with Gasteiger partial charge in [-0.1, -0.05) is 13.8 Å². The summed E-state index contributed by atoms with van der Waals surface area (Å²) in [5, 5.41) is 3.20. The molecule has 0 fully saturated rings. The van der Waals surface area contributed by atoms with Gasteiger partial charge in [0.25, 0.3) is 0 Å². The monoisotopic (exact) mass is 128 g/mol. The number of hydrogen-bond acceptors (Lipinski definition) is 2. The van der Waals surface area contributed by atoms with E-state index in [-0.39, 0.29) is 0 Å². The Morgan fingerprint density at radius 2 is 2.22 bits per heavy atom. The zero-order chi connectivity index (χ0) is 7.11. The minimum atomic E-state index is 0.997. The lowest BCUT2D eigenvalue weighted by Crippen LogP contribution is -2.14. The van der Waals surface area contributed by atoms with Crippen molar-refractivity contribution in [2.75, 3.05) is 6.54 Å². The molecule has 0 aromatic rings. The molecule has 0 rings (SSSR count). The summed E-state index contributed by atoms with van der Waals surface area (Å²) < 4.78 is 0. The van der Waals surface area contributed by atoms with E-state index < -0.39 is 0 Å². The fourth-order valence-electron chi connectivity index (χ4n) is 0.587. The summed E-state index contributed by atoms with van der Waals surface area (Å²) in [7, 11) is 0. The van der Waals surface area contributed by atoms with Crippen LogP contribution in [0, 0.1) is 0 Å². The van der Waals surface area contributed by atoms with Crippen molar-refractivity contribution in [2.24, 2.45) is 5.73 Å². The Labute approximate surface area is 57.1 Å². The van der Waals surface area contributed by atoms with Gasteiger partial charge in [-0.3, -0.25) is 0 Å². The largest absolute Gasteiger partial charge is 0.403 e. The molecule has 0 aliphatic carbocycles. The van der Waals surface area contributed by atoms with Gasteiger partial charge in [0.1, 0.15) is 0 Å². The number of nitrogens with two attached hydrogens (primary N) is 1. The molecule has 0 radical (unpaired) electrons. The van der Waals surface area contributed by atoms with E-state index in [0.29, 0.717) is 0 Å². The van der Waals surface area contributed by atoms with E-state index in [2.05, 4.69) is 19.2 Å². The van der Waals surface area contributed by atoms with Crippen LogP contribution in [-0.4, -0.2) is 6.54 Å². The van der Waals surface area contributed by atoms with E-state index in [1.807, 2.05) is 0 Å². The van der Waals surface area contributed by atoms with Crippen LogP contribution in [0.4, 0.5) is 0 Å². The summed E-state index contributed by atoms with van der Waals surface area (Å²) in [6.07, 6.45) is 3.78. The third-order valence-corrected chi connectivity index (χ3v) is 1.18. The molecule has 2 heteroatoms. The first-order chi connectivity index (χ1) is 4.35. The lowest BCUT2D eigenvalue weighted by Gasteiger charge is -2.04. The van der Waals surface area contributed by atoms with Crippen molar-refractivity contribution in [3.63, 3.8) is 0 Å². The van der Waals surface area contributed by atoms with Crippen molar-refractivity contribution < 1.29 is 0 Å². The van der Waals surface area contributed by atoms with Gasteiger partial charge in [0.05, 0.1) is 0 Å². The van der Waals surface area contributed by atoms with Gasteiger partial charge < -0.3 is 11.1 Å². The average molecular weight is 128 g/mol. The second-order valence-electron chi connectivity index (χ2n) is 1.97. The summed E-state index contributed by atoms with van der Waals surface area (Å²) >= 11 is 0. The van der Waals surface area contributed by atoms with Gasteiger partial charge in [0.2, 0.25) is 0 Å². The highest BCUT2D eigenvalue weighted by Crippen LogP contribution is 1.91. The van der Waals surface area contributed by atoms with Crippen LogP contribution >= 0.6 is 0 Å². The van der Waals surface area contributed by atoms with Crippen LogP contribution in [0.1, 0.15) is 26.7 Å². The highest BCUT2D eigenvalue weighted by atomic mass is 14.9. The molecule has 0 aliphatic heterocycles. The lowest BCUT2D eigenvalue weighted by atomic mass is 10.3. The summed E-state index contributed by atoms with van der Waals surface area (Å²) in [6, 6.07) is 0. The van der Waals surface area contributed by atoms with E-state index in [1.165, 1.54) is 0 Å². The molecule has 54 valence electrons. The molecule has 0 atom stereocenters. The summed E-state index contributed by atoms with van der Waals surface area (Å²) in [4.78, 5) is 0. The van der Waals surface area contributed by atoms with Gasteiger partial charge in [0.15, 0.2) is 0 Å². The van der Waals surface area contributed by atoms with Crippen LogP contribution in [0.3, 0.4) is 0 Å². The average Bonchev–Trinajstić information content (AvgIpc) is 1.91. The van der Waals surface area contributed by atoms with E-state index in [4.69, 9.17) is 5.73 Å². The second-order valence-corrected chi connectivity index (χ2v) is 1.97. The molecule has 3 N–H and O–H groups in total. The first-order valence-corrected chi connectivity index (χ1v) is 3.49. The maximum Gasteiger partial charge on any atom is 0.0261 e. The Kier molecular flexibility index (Phi) is 5.07. The molecule has 0 saturated carbocycles. The van der Waals surface area contributed by atoms with Gasteiger partial charge in [0, 0.05) is 18.4 Å². The van der Waals surface area contributed by atoms with Crippen LogP contribution in [0.15, 0.2) is 11.9 Å². The Bertz CT molecular complexity index is 86.9. The smallest absolute Gasteiger partial charge is 0.0261 e. The van der Waals surface area contributed by atoms with Crippen molar-refractivity contribution in [3.05, 3.63) is 11.9 Å². The van der Waals surface area contributed by atoms with E-state index in [0.717, 1.165) is 25.1 Å². The van der Waals surface area contributed by atoms with Crippen LogP contribution in [0.25, 0.3) is 0 Å². The number of nitrogens with one attached hydrogen (secondary N) is 1. The van der Waals surface area contributed by atoms with Crippen molar-refractivity contribution in [3.8, 4) is 0 Å². The highest BCUT2D eigenvalue weighted by Gasteiger charge is 1.86. The fourth-order valence-corrected chi connectivity index (χ4v) is 0.587. The SMILES string of the molecule is CCCN/C(=C\N)CC. The summed E-state index contributed by atoms with van der Waals surface area (Å²) in [5.74, 6) is 0. The molecule has 0 amide bonds. The van der Waals surface area contributed by atoms with Crippen LogP contribution in [-0.2, 0) is 0 Å².